The number of carbonyl (C=O) groups excluding carboxylic acids is 1. The largest absolute Gasteiger partial charge is 0.271 e. The zero-order valence-electron chi connectivity index (χ0n) is 13.4. The van der Waals surface area contributed by atoms with E-state index in [1.165, 1.54) is 12.1 Å². The molecule has 1 N–H and O–H groups in total. The van der Waals surface area contributed by atoms with Crippen LogP contribution in [-0.4, -0.2) is 32.3 Å². The molecule has 25 heavy (non-hydrogen) atoms. The van der Waals surface area contributed by atoms with Crippen molar-refractivity contribution in [2.24, 2.45) is 5.10 Å². The fourth-order valence-electron chi connectivity index (χ4n) is 2.02. The Bertz CT molecular complexity index is 886. The molecular weight excluding hydrogens is 323 g/mol. The Labute approximate surface area is 143 Å². The lowest BCUT2D eigenvalue weighted by Gasteiger charge is -1.98. The van der Waals surface area contributed by atoms with E-state index in [-0.39, 0.29) is 18.3 Å². The lowest BCUT2D eigenvalue weighted by atomic mass is 10.2. The summed E-state index contributed by atoms with van der Waals surface area (Å²) in [5.74, 6) is -0.413. The summed E-state index contributed by atoms with van der Waals surface area (Å²) >= 11 is 0. The summed E-state index contributed by atoms with van der Waals surface area (Å²) in [6, 6.07) is 13.4. The third kappa shape index (κ3) is 4.54. The molecule has 3 aromatic rings. The second kappa shape index (κ2) is 7.43. The Balaban J connectivity index is 1.56. The van der Waals surface area contributed by atoms with Crippen molar-refractivity contribution in [3.8, 4) is 11.4 Å². The van der Waals surface area contributed by atoms with Gasteiger partial charge in [0.25, 0.3) is 5.91 Å². The van der Waals surface area contributed by atoms with Crippen molar-refractivity contribution >= 4 is 12.1 Å². The van der Waals surface area contributed by atoms with Gasteiger partial charge >= 0.3 is 0 Å². The van der Waals surface area contributed by atoms with E-state index in [1.54, 1.807) is 18.3 Å². The van der Waals surface area contributed by atoms with Crippen molar-refractivity contribution in [2.45, 2.75) is 13.5 Å². The predicted octanol–water partition coefficient (Wildman–Crippen LogP) is 1.94. The minimum atomic E-state index is -0.383. The van der Waals surface area contributed by atoms with Gasteiger partial charge in [0.2, 0.25) is 5.82 Å². The molecule has 1 aromatic heterocycles. The van der Waals surface area contributed by atoms with E-state index in [2.05, 4.69) is 25.9 Å². The molecule has 7 nitrogen and oxygen atoms in total. The molecular formula is C17H15FN6O. The molecule has 0 spiro atoms. The van der Waals surface area contributed by atoms with Gasteiger partial charge in [0.1, 0.15) is 12.4 Å². The lowest BCUT2D eigenvalue weighted by molar-refractivity contribution is -0.122. The van der Waals surface area contributed by atoms with Gasteiger partial charge in [-0.2, -0.15) is 9.90 Å². The van der Waals surface area contributed by atoms with E-state index in [0.717, 1.165) is 15.9 Å². The van der Waals surface area contributed by atoms with Gasteiger partial charge in [-0.15, -0.1) is 10.2 Å². The number of halogens is 1. The van der Waals surface area contributed by atoms with Crippen LogP contribution in [-0.2, 0) is 11.3 Å². The number of rotatable bonds is 5. The number of tetrazole rings is 1. The SMILES string of the molecule is Cc1ccc(/C=N\NC(=O)Cn2nnc(-c3ccc(F)cc3)n2)cc1. The Kier molecular flexibility index (Phi) is 4.89. The van der Waals surface area contributed by atoms with Crippen LogP contribution in [0.25, 0.3) is 11.4 Å². The minimum absolute atomic E-state index is 0.126. The molecule has 0 aliphatic heterocycles. The van der Waals surface area contributed by atoms with Crippen molar-refractivity contribution in [3.05, 3.63) is 65.5 Å². The second-order valence-corrected chi connectivity index (χ2v) is 5.35. The molecule has 8 heteroatoms. The Morgan fingerprint density at radius 1 is 1.20 bits per heavy atom. The summed E-state index contributed by atoms with van der Waals surface area (Å²) in [5.41, 5.74) is 5.05. The summed E-state index contributed by atoms with van der Waals surface area (Å²) in [4.78, 5) is 13.0. The monoisotopic (exact) mass is 338 g/mol. The maximum atomic E-state index is 12.9. The maximum Gasteiger partial charge on any atom is 0.263 e. The molecule has 0 unspecified atom stereocenters. The standard InChI is InChI=1S/C17H15FN6O/c1-12-2-4-13(5-3-12)10-19-20-16(25)11-24-22-17(21-23-24)14-6-8-15(18)9-7-14/h2-10H,11H2,1H3,(H,20,25)/b19-10-. The van der Waals surface area contributed by atoms with Crippen LogP contribution in [0.1, 0.15) is 11.1 Å². The van der Waals surface area contributed by atoms with Crippen LogP contribution < -0.4 is 5.43 Å². The summed E-state index contributed by atoms with van der Waals surface area (Å²) in [5, 5.41) is 15.6. The second-order valence-electron chi connectivity index (χ2n) is 5.35. The van der Waals surface area contributed by atoms with Gasteiger partial charge in [0, 0.05) is 5.56 Å². The lowest BCUT2D eigenvalue weighted by Crippen LogP contribution is -2.24. The molecule has 0 fully saturated rings. The van der Waals surface area contributed by atoms with Gasteiger partial charge in [-0.25, -0.2) is 9.82 Å². The highest BCUT2D eigenvalue weighted by atomic mass is 19.1. The van der Waals surface area contributed by atoms with Gasteiger partial charge in [-0.1, -0.05) is 29.8 Å². The number of nitrogens with one attached hydrogen (secondary N) is 1. The van der Waals surface area contributed by atoms with Gasteiger partial charge in [-0.05, 0) is 42.0 Å². The maximum absolute atomic E-state index is 12.9. The quantitative estimate of drug-likeness (QED) is 0.569. The number of benzene rings is 2. The number of aryl methyl sites for hydroxylation is 1. The Morgan fingerprint density at radius 3 is 2.64 bits per heavy atom. The van der Waals surface area contributed by atoms with E-state index in [1.807, 2.05) is 31.2 Å². The van der Waals surface area contributed by atoms with Gasteiger partial charge in [0.15, 0.2) is 0 Å². The highest BCUT2D eigenvalue weighted by Gasteiger charge is 2.08. The molecule has 0 bridgehead atoms. The highest BCUT2D eigenvalue weighted by molar-refractivity contribution is 5.82. The van der Waals surface area contributed by atoms with Crippen LogP contribution in [0.3, 0.4) is 0 Å². The van der Waals surface area contributed by atoms with Crippen LogP contribution >= 0.6 is 0 Å². The number of hydrogen-bond acceptors (Lipinski definition) is 5. The van der Waals surface area contributed by atoms with Crippen LogP contribution in [0.5, 0.6) is 0 Å². The number of carbonyl (C=O) groups is 1. The average Bonchev–Trinajstić information content (AvgIpc) is 3.06. The number of hydrogen-bond donors (Lipinski definition) is 1. The van der Waals surface area contributed by atoms with Gasteiger partial charge in [0.05, 0.1) is 6.21 Å². The first-order valence-corrected chi connectivity index (χ1v) is 7.52. The molecule has 1 amide bonds. The van der Waals surface area contributed by atoms with E-state index in [0.29, 0.717) is 11.4 Å². The molecule has 0 atom stereocenters. The Hall–Kier alpha value is -3.42. The number of amides is 1. The molecule has 0 radical (unpaired) electrons. The highest BCUT2D eigenvalue weighted by Crippen LogP contribution is 2.13. The van der Waals surface area contributed by atoms with Crippen LogP contribution in [0.2, 0.25) is 0 Å². The summed E-state index contributed by atoms with van der Waals surface area (Å²) in [6.07, 6.45) is 1.55. The van der Waals surface area contributed by atoms with Crippen molar-refractivity contribution in [2.75, 3.05) is 0 Å². The number of aromatic nitrogens is 4. The number of nitrogens with zero attached hydrogens (tertiary/aromatic N) is 5. The third-order valence-corrected chi connectivity index (χ3v) is 3.32. The van der Waals surface area contributed by atoms with E-state index >= 15 is 0 Å². The summed E-state index contributed by atoms with van der Waals surface area (Å²) in [6.45, 7) is 1.87. The topological polar surface area (TPSA) is 85.1 Å². The summed E-state index contributed by atoms with van der Waals surface area (Å²) in [7, 11) is 0. The van der Waals surface area contributed by atoms with E-state index in [9.17, 15) is 9.18 Å². The van der Waals surface area contributed by atoms with Crippen molar-refractivity contribution < 1.29 is 9.18 Å². The van der Waals surface area contributed by atoms with Gasteiger partial charge in [-0.3, -0.25) is 4.79 Å². The van der Waals surface area contributed by atoms with Crippen LogP contribution in [0.4, 0.5) is 4.39 Å². The third-order valence-electron chi connectivity index (χ3n) is 3.32. The normalized spacial score (nSPS) is 11.0. The minimum Gasteiger partial charge on any atom is -0.271 e. The number of hydrazone groups is 1. The first-order valence-electron chi connectivity index (χ1n) is 7.52. The zero-order valence-corrected chi connectivity index (χ0v) is 13.4. The van der Waals surface area contributed by atoms with Crippen molar-refractivity contribution in [1.29, 1.82) is 0 Å². The predicted molar refractivity (Wildman–Crippen MR) is 90.1 cm³/mol. The molecule has 2 aromatic carbocycles. The summed E-state index contributed by atoms with van der Waals surface area (Å²) < 4.78 is 12.9. The smallest absolute Gasteiger partial charge is 0.263 e. The van der Waals surface area contributed by atoms with E-state index in [4.69, 9.17) is 0 Å². The first kappa shape index (κ1) is 16.4. The van der Waals surface area contributed by atoms with Crippen LogP contribution in [0, 0.1) is 12.7 Å². The average molecular weight is 338 g/mol. The van der Waals surface area contributed by atoms with E-state index < -0.39 is 0 Å². The molecule has 126 valence electrons. The molecule has 0 saturated heterocycles. The van der Waals surface area contributed by atoms with Gasteiger partial charge < -0.3 is 0 Å². The zero-order chi connectivity index (χ0) is 17.6. The molecule has 1 heterocycles. The van der Waals surface area contributed by atoms with Crippen molar-refractivity contribution in [3.63, 3.8) is 0 Å². The molecule has 3 rings (SSSR count). The Morgan fingerprint density at radius 2 is 1.92 bits per heavy atom. The fraction of sp³-hybridized carbons (Fsp3) is 0.118. The fourth-order valence-corrected chi connectivity index (χ4v) is 2.02. The molecule has 0 saturated carbocycles. The first-order chi connectivity index (χ1) is 12.1. The molecule has 0 aliphatic rings. The molecule has 0 aliphatic carbocycles. The van der Waals surface area contributed by atoms with Crippen LogP contribution in [0.15, 0.2) is 53.6 Å². The van der Waals surface area contributed by atoms with Crippen molar-refractivity contribution in [1.82, 2.24) is 25.6 Å².